The lowest BCUT2D eigenvalue weighted by atomic mass is 10.4. The number of nitrogens with one attached hydrogen (secondary N) is 1. The van der Waals surface area contributed by atoms with Crippen molar-refractivity contribution in [2.24, 2.45) is 0 Å². The van der Waals surface area contributed by atoms with Crippen LogP contribution in [0.15, 0.2) is 0 Å². The summed E-state index contributed by atoms with van der Waals surface area (Å²) >= 11 is 0. The number of hydrogen-bond donors (Lipinski definition) is 1. The molecule has 4 nitrogen and oxygen atoms in total. The second-order valence-electron chi connectivity index (χ2n) is 2.52. The van der Waals surface area contributed by atoms with Crippen LogP contribution in [0.4, 0.5) is 0 Å². The van der Waals surface area contributed by atoms with E-state index in [1.165, 1.54) is 6.92 Å². The van der Waals surface area contributed by atoms with Crippen molar-refractivity contribution >= 4 is 5.78 Å². The van der Waals surface area contributed by atoms with Gasteiger partial charge >= 0.3 is 0 Å². The molecule has 0 amide bonds. The van der Waals surface area contributed by atoms with Crippen molar-refractivity contribution < 1.29 is 14.3 Å². The van der Waals surface area contributed by atoms with Gasteiger partial charge in [-0.3, -0.25) is 10.1 Å². The largest absolute Gasteiger partial charge is 0.375 e. The smallest absolute Gasteiger partial charge is 0.143 e. The molecular formula is C7H13NO3. The number of carbonyl (C=O) groups is 1. The van der Waals surface area contributed by atoms with Crippen molar-refractivity contribution in [2.75, 3.05) is 26.4 Å². The lowest BCUT2D eigenvalue weighted by Crippen LogP contribution is -2.42. The van der Waals surface area contributed by atoms with Gasteiger partial charge in [-0.05, 0) is 6.92 Å². The molecule has 1 aliphatic heterocycles. The molecule has 0 aromatic heterocycles. The molecule has 64 valence electrons. The van der Waals surface area contributed by atoms with Crippen LogP contribution in [-0.2, 0) is 14.3 Å². The molecule has 1 unspecified atom stereocenters. The third kappa shape index (κ3) is 3.46. The number of rotatable bonds is 3. The van der Waals surface area contributed by atoms with Crippen LogP contribution in [0.3, 0.4) is 0 Å². The van der Waals surface area contributed by atoms with Gasteiger partial charge in [-0.15, -0.1) is 0 Å². The molecule has 0 radical (unpaired) electrons. The molecule has 1 atom stereocenters. The van der Waals surface area contributed by atoms with Gasteiger partial charge in [-0.2, -0.15) is 0 Å². The molecule has 0 bridgehead atoms. The van der Waals surface area contributed by atoms with E-state index in [1.807, 2.05) is 0 Å². The van der Waals surface area contributed by atoms with Crippen LogP contribution in [0.5, 0.6) is 0 Å². The predicted molar refractivity (Wildman–Crippen MR) is 39.2 cm³/mol. The van der Waals surface area contributed by atoms with E-state index in [4.69, 9.17) is 9.47 Å². The highest BCUT2D eigenvalue weighted by atomic mass is 16.6. The van der Waals surface area contributed by atoms with Crippen LogP contribution in [0.25, 0.3) is 0 Å². The highest BCUT2D eigenvalue weighted by Crippen LogP contribution is 1.95. The van der Waals surface area contributed by atoms with Crippen molar-refractivity contribution in [3.05, 3.63) is 0 Å². The molecule has 1 aliphatic rings. The third-order valence-corrected chi connectivity index (χ3v) is 1.39. The highest BCUT2D eigenvalue weighted by molar-refractivity contribution is 5.77. The molecule has 1 fully saturated rings. The Hall–Kier alpha value is -0.450. The van der Waals surface area contributed by atoms with Crippen molar-refractivity contribution in [3.63, 3.8) is 0 Å². The summed E-state index contributed by atoms with van der Waals surface area (Å²) in [5.41, 5.74) is 0. The molecule has 1 saturated heterocycles. The van der Waals surface area contributed by atoms with E-state index in [1.54, 1.807) is 0 Å². The zero-order valence-electron chi connectivity index (χ0n) is 6.63. The normalized spacial score (nSPS) is 25.0. The summed E-state index contributed by atoms with van der Waals surface area (Å²) in [6.07, 6.45) is -0.104. The van der Waals surface area contributed by atoms with Crippen LogP contribution in [0.1, 0.15) is 6.92 Å². The molecule has 1 rings (SSSR count). The van der Waals surface area contributed by atoms with Crippen LogP contribution in [0, 0.1) is 0 Å². The molecule has 0 aromatic carbocycles. The van der Waals surface area contributed by atoms with Gasteiger partial charge in [-0.1, -0.05) is 0 Å². The topological polar surface area (TPSA) is 47.6 Å². The van der Waals surface area contributed by atoms with Gasteiger partial charge in [0.25, 0.3) is 0 Å². The Bertz CT molecular complexity index is 132. The Morgan fingerprint density at radius 3 is 3.00 bits per heavy atom. The van der Waals surface area contributed by atoms with E-state index in [0.29, 0.717) is 26.4 Å². The van der Waals surface area contributed by atoms with E-state index in [0.717, 1.165) is 0 Å². The van der Waals surface area contributed by atoms with Gasteiger partial charge in [0.2, 0.25) is 0 Å². The van der Waals surface area contributed by atoms with Crippen molar-refractivity contribution in [3.8, 4) is 0 Å². The Morgan fingerprint density at radius 1 is 1.64 bits per heavy atom. The van der Waals surface area contributed by atoms with Gasteiger partial charge in [0.05, 0.1) is 26.4 Å². The Balaban J connectivity index is 2.09. The fourth-order valence-electron chi connectivity index (χ4n) is 0.863. The fourth-order valence-corrected chi connectivity index (χ4v) is 0.863. The van der Waals surface area contributed by atoms with E-state index in [9.17, 15) is 4.79 Å². The number of carbonyl (C=O) groups excluding carboxylic acids is 1. The summed E-state index contributed by atoms with van der Waals surface area (Å²) in [5, 5.41) is 2.92. The summed E-state index contributed by atoms with van der Waals surface area (Å²) in [4.78, 5) is 10.5. The summed E-state index contributed by atoms with van der Waals surface area (Å²) in [5.74, 6) is 0.110. The average Bonchev–Trinajstić information content (AvgIpc) is 2.03. The standard InChI is InChI=1S/C7H13NO3/c1-6(9)4-8-7-5-10-2-3-11-7/h7-8H,2-5H2,1H3. The fraction of sp³-hybridized carbons (Fsp3) is 0.857. The molecule has 11 heavy (non-hydrogen) atoms. The van der Waals surface area contributed by atoms with Gasteiger partial charge in [0, 0.05) is 0 Å². The average molecular weight is 159 g/mol. The molecular weight excluding hydrogens is 146 g/mol. The highest BCUT2D eigenvalue weighted by Gasteiger charge is 2.12. The number of Topliss-reactive ketones (excluding diaryl/α,β-unsaturated/α-hetero) is 1. The minimum absolute atomic E-state index is 0.104. The van der Waals surface area contributed by atoms with Crippen molar-refractivity contribution in [1.29, 1.82) is 0 Å². The minimum Gasteiger partial charge on any atom is -0.375 e. The van der Waals surface area contributed by atoms with Gasteiger partial charge in [0.15, 0.2) is 0 Å². The van der Waals surface area contributed by atoms with Gasteiger partial charge in [-0.25, -0.2) is 0 Å². The predicted octanol–water partition coefficient (Wildman–Crippen LogP) is -0.462. The summed E-state index contributed by atoms with van der Waals surface area (Å²) in [6.45, 7) is 3.69. The second kappa shape index (κ2) is 4.43. The van der Waals surface area contributed by atoms with E-state index < -0.39 is 0 Å². The molecule has 0 spiro atoms. The number of ketones is 1. The molecule has 4 heteroatoms. The molecule has 1 heterocycles. The SMILES string of the molecule is CC(=O)CNC1COCCO1. The minimum atomic E-state index is -0.104. The molecule has 0 saturated carbocycles. The summed E-state index contributed by atoms with van der Waals surface area (Å²) in [7, 11) is 0. The van der Waals surface area contributed by atoms with Gasteiger partial charge in [0.1, 0.15) is 12.0 Å². The first-order chi connectivity index (χ1) is 5.29. The van der Waals surface area contributed by atoms with Crippen molar-refractivity contribution in [2.45, 2.75) is 13.2 Å². The maximum atomic E-state index is 10.5. The first kappa shape index (κ1) is 8.64. The molecule has 0 aromatic rings. The van der Waals surface area contributed by atoms with E-state index in [2.05, 4.69) is 5.32 Å². The maximum absolute atomic E-state index is 10.5. The first-order valence-electron chi connectivity index (χ1n) is 3.71. The third-order valence-electron chi connectivity index (χ3n) is 1.39. The molecule has 1 N–H and O–H groups in total. The second-order valence-corrected chi connectivity index (χ2v) is 2.52. The monoisotopic (exact) mass is 159 g/mol. The van der Waals surface area contributed by atoms with Crippen LogP contribution >= 0.6 is 0 Å². The number of ether oxygens (including phenoxy) is 2. The Labute approximate surface area is 65.9 Å². The summed E-state index contributed by atoms with van der Waals surface area (Å²) < 4.78 is 10.4. The first-order valence-corrected chi connectivity index (χ1v) is 3.71. The van der Waals surface area contributed by atoms with Gasteiger partial charge < -0.3 is 9.47 Å². The van der Waals surface area contributed by atoms with E-state index >= 15 is 0 Å². The van der Waals surface area contributed by atoms with Crippen molar-refractivity contribution in [1.82, 2.24) is 5.32 Å². The lowest BCUT2D eigenvalue weighted by Gasteiger charge is -2.23. The Kier molecular flexibility index (Phi) is 3.48. The quantitative estimate of drug-likeness (QED) is 0.605. The van der Waals surface area contributed by atoms with Crippen LogP contribution in [0.2, 0.25) is 0 Å². The molecule has 0 aliphatic carbocycles. The summed E-state index contributed by atoms with van der Waals surface area (Å²) in [6, 6.07) is 0. The zero-order chi connectivity index (χ0) is 8.10. The van der Waals surface area contributed by atoms with E-state index in [-0.39, 0.29) is 12.0 Å². The van der Waals surface area contributed by atoms with Crippen LogP contribution in [-0.4, -0.2) is 38.4 Å². The Morgan fingerprint density at radius 2 is 2.45 bits per heavy atom. The van der Waals surface area contributed by atoms with Crippen LogP contribution < -0.4 is 5.32 Å². The zero-order valence-corrected chi connectivity index (χ0v) is 6.63. The number of hydrogen-bond acceptors (Lipinski definition) is 4. The maximum Gasteiger partial charge on any atom is 0.143 e. The lowest BCUT2D eigenvalue weighted by molar-refractivity contribution is -0.121.